The van der Waals surface area contributed by atoms with Gasteiger partial charge in [0.15, 0.2) is 0 Å². The first kappa shape index (κ1) is 30.5. The molecule has 37 heavy (non-hydrogen) atoms. The standard InChI is InChI=1S/C24H32F6N2O5/c1-16-7-8-17(18(14-16)35-13-5-6-19(33)37-22(2,3)4)15-31-9-11-32(12-10-31)21(34)36-20(23(25,26)27)24(28,29)30/h7-8,14,20H,5-6,9-13,15H2,1-4H3. The number of hydrogen-bond acceptors (Lipinski definition) is 6. The number of hydrogen-bond donors (Lipinski definition) is 0. The second-order valence-electron chi connectivity index (χ2n) is 9.76. The van der Waals surface area contributed by atoms with Gasteiger partial charge in [-0.25, -0.2) is 4.79 Å². The molecule has 0 aromatic heterocycles. The lowest BCUT2D eigenvalue weighted by Crippen LogP contribution is -2.52. The molecule has 7 nitrogen and oxygen atoms in total. The number of esters is 1. The van der Waals surface area contributed by atoms with Crippen LogP contribution in [-0.2, 0) is 20.8 Å². The summed E-state index contributed by atoms with van der Waals surface area (Å²) in [6.07, 6.45) is -16.7. The average molecular weight is 543 g/mol. The van der Waals surface area contributed by atoms with Gasteiger partial charge in [0.1, 0.15) is 11.4 Å². The van der Waals surface area contributed by atoms with Gasteiger partial charge in [-0.3, -0.25) is 9.69 Å². The zero-order chi connectivity index (χ0) is 28.0. The molecule has 2 rings (SSSR count). The van der Waals surface area contributed by atoms with Crippen molar-refractivity contribution >= 4 is 12.1 Å². The van der Waals surface area contributed by atoms with E-state index in [0.717, 1.165) is 16.0 Å². The number of ether oxygens (including phenoxy) is 3. The molecule has 13 heteroatoms. The molecule has 1 heterocycles. The van der Waals surface area contributed by atoms with E-state index in [9.17, 15) is 35.9 Å². The highest BCUT2D eigenvalue weighted by molar-refractivity contribution is 5.69. The van der Waals surface area contributed by atoms with Crippen LogP contribution in [0.1, 0.15) is 44.7 Å². The molecule has 0 bridgehead atoms. The van der Waals surface area contributed by atoms with Crippen LogP contribution in [0.3, 0.4) is 0 Å². The van der Waals surface area contributed by atoms with Gasteiger partial charge in [0, 0.05) is 44.7 Å². The Kier molecular flexibility index (Phi) is 10.1. The second-order valence-corrected chi connectivity index (χ2v) is 9.76. The molecule has 0 unspecified atom stereocenters. The smallest absolute Gasteiger partial charge is 0.434 e. The predicted molar refractivity (Wildman–Crippen MR) is 121 cm³/mol. The van der Waals surface area contributed by atoms with E-state index in [2.05, 4.69) is 4.74 Å². The van der Waals surface area contributed by atoms with Crippen molar-refractivity contribution in [3.05, 3.63) is 29.3 Å². The maximum atomic E-state index is 12.7. The molecular weight excluding hydrogens is 510 g/mol. The number of aryl methyl sites for hydroxylation is 1. The van der Waals surface area contributed by atoms with E-state index in [1.165, 1.54) is 0 Å². The Balaban J connectivity index is 1.89. The van der Waals surface area contributed by atoms with Crippen LogP contribution in [0.5, 0.6) is 5.75 Å². The van der Waals surface area contributed by atoms with Crippen LogP contribution in [0.4, 0.5) is 31.1 Å². The topological polar surface area (TPSA) is 68.3 Å². The van der Waals surface area contributed by atoms with Crippen molar-refractivity contribution in [2.45, 2.75) is 71.1 Å². The first-order chi connectivity index (χ1) is 17.0. The number of alkyl halides is 6. The molecule has 0 radical (unpaired) electrons. The fourth-order valence-corrected chi connectivity index (χ4v) is 3.54. The quantitative estimate of drug-likeness (QED) is 0.254. The van der Waals surface area contributed by atoms with Crippen LogP contribution in [-0.4, -0.2) is 78.7 Å². The number of piperazine rings is 1. The third-order valence-electron chi connectivity index (χ3n) is 5.26. The zero-order valence-electron chi connectivity index (χ0n) is 21.2. The Morgan fingerprint density at radius 2 is 1.57 bits per heavy atom. The summed E-state index contributed by atoms with van der Waals surface area (Å²) in [5.74, 6) is 0.276. The van der Waals surface area contributed by atoms with Gasteiger partial charge in [-0.1, -0.05) is 12.1 Å². The van der Waals surface area contributed by atoms with Gasteiger partial charge in [0.25, 0.3) is 6.10 Å². The summed E-state index contributed by atoms with van der Waals surface area (Å²) in [6, 6.07) is 5.58. The lowest BCUT2D eigenvalue weighted by Gasteiger charge is -2.35. The predicted octanol–water partition coefficient (Wildman–Crippen LogP) is 5.24. The van der Waals surface area contributed by atoms with Gasteiger partial charge in [0.05, 0.1) is 6.61 Å². The zero-order valence-corrected chi connectivity index (χ0v) is 21.2. The normalized spacial score (nSPS) is 15.6. The number of rotatable bonds is 8. The molecule has 1 amide bonds. The molecule has 0 N–H and O–H groups in total. The molecule has 1 aromatic carbocycles. The Morgan fingerprint density at radius 1 is 0.973 bits per heavy atom. The van der Waals surface area contributed by atoms with E-state index in [1.807, 2.05) is 30.0 Å². The first-order valence-electron chi connectivity index (χ1n) is 11.7. The third kappa shape index (κ3) is 10.3. The maximum Gasteiger partial charge on any atom is 0.434 e. The van der Waals surface area contributed by atoms with Crippen LogP contribution in [0.25, 0.3) is 0 Å². The highest BCUT2D eigenvalue weighted by Crippen LogP contribution is 2.36. The Labute approximate surface area is 211 Å². The molecule has 1 aliphatic heterocycles. The monoisotopic (exact) mass is 542 g/mol. The van der Waals surface area contributed by atoms with Crippen molar-refractivity contribution in [1.82, 2.24) is 9.80 Å². The van der Waals surface area contributed by atoms with E-state index in [-0.39, 0.29) is 45.2 Å². The summed E-state index contributed by atoms with van der Waals surface area (Å²) in [6.45, 7) is 8.12. The fourth-order valence-electron chi connectivity index (χ4n) is 3.54. The minimum atomic E-state index is -5.76. The molecule has 1 aliphatic rings. The van der Waals surface area contributed by atoms with E-state index < -0.39 is 30.2 Å². The van der Waals surface area contributed by atoms with Crippen molar-refractivity contribution in [1.29, 1.82) is 0 Å². The summed E-state index contributed by atoms with van der Waals surface area (Å²) >= 11 is 0. The van der Waals surface area contributed by atoms with Gasteiger partial charge in [-0.05, 0) is 45.7 Å². The third-order valence-corrected chi connectivity index (χ3v) is 5.26. The minimum absolute atomic E-state index is 0.0980. The molecule has 0 saturated carbocycles. The van der Waals surface area contributed by atoms with E-state index >= 15 is 0 Å². The van der Waals surface area contributed by atoms with Crippen molar-refractivity contribution in [3.63, 3.8) is 0 Å². The number of halogens is 6. The number of carbonyl (C=O) groups is 2. The van der Waals surface area contributed by atoms with Gasteiger partial charge < -0.3 is 19.1 Å². The van der Waals surface area contributed by atoms with Crippen molar-refractivity contribution in [2.24, 2.45) is 0 Å². The summed E-state index contributed by atoms with van der Waals surface area (Å²) < 4.78 is 90.9. The average Bonchev–Trinajstić information content (AvgIpc) is 2.74. The fraction of sp³-hybridized carbons (Fsp3) is 0.667. The number of nitrogens with zero attached hydrogens (tertiary/aromatic N) is 2. The van der Waals surface area contributed by atoms with Gasteiger partial charge >= 0.3 is 24.4 Å². The molecule has 1 aromatic rings. The molecule has 0 spiro atoms. The van der Waals surface area contributed by atoms with Crippen LogP contribution in [0, 0.1) is 6.92 Å². The van der Waals surface area contributed by atoms with Crippen LogP contribution < -0.4 is 4.74 Å². The minimum Gasteiger partial charge on any atom is -0.493 e. The largest absolute Gasteiger partial charge is 0.493 e. The summed E-state index contributed by atoms with van der Waals surface area (Å²) in [4.78, 5) is 26.5. The van der Waals surface area contributed by atoms with Crippen LogP contribution in [0.15, 0.2) is 18.2 Å². The molecule has 0 atom stereocenters. The SMILES string of the molecule is Cc1ccc(CN2CCN(C(=O)OC(C(F)(F)F)C(F)(F)F)CC2)c(OCCCC(=O)OC(C)(C)C)c1. The molecule has 0 aliphatic carbocycles. The molecule has 1 fully saturated rings. The van der Waals surface area contributed by atoms with Gasteiger partial charge in [-0.15, -0.1) is 0 Å². The van der Waals surface area contributed by atoms with E-state index in [4.69, 9.17) is 9.47 Å². The van der Waals surface area contributed by atoms with Crippen molar-refractivity contribution < 1.29 is 50.1 Å². The molecule has 210 valence electrons. The first-order valence-corrected chi connectivity index (χ1v) is 11.7. The Hall–Kier alpha value is -2.70. The number of carbonyl (C=O) groups excluding carboxylic acids is 2. The summed E-state index contributed by atoms with van der Waals surface area (Å²) in [7, 11) is 0. The van der Waals surface area contributed by atoms with Crippen LogP contribution >= 0.6 is 0 Å². The number of amides is 1. The molecule has 1 saturated heterocycles. The second kappa shape index (κ2) is 12.2. The van der Waals surface area contributed by atoms with Crippen molar-refractivity contribution in [2.75, 3.05) is 32.8 Å². The molecular formula is C24H32F6N2O5. The highest BCUT2D eigenvalue weighted by Gasteiger charge is 2.60. The Bertz CT molecular complexity index is 908. The number of benzene rings is 1. The van der Waals surface area contributed by atoms with Crippen LogP contribution in [0.2, 0.25) is 0 Å². The summed E-state index contributed by atoms with van der Waals surface area (Å²) in [5.41, 5.74) is 1.19. The van der Waals surface area contributed by atoms with Gasteiger partial charge in [0.2, 0.25) is 0 Å². The van der Waals surface area contributed by atoms with E-state index in [1.54, 1.807) is 20.8 Å². The lowest BCUT2D eigenvalue weighted by molar-refractivity contribution is -0.308. The van der Waals surface area contributed by atoms with Crippen molar-refractivity contribution in [3.8, 4) is 5.75 Å². The maximum absolute atomic E-state index is 12.7. The highest BCUT2D eigenvalue weighted by atomic mass is 19.4. The Morgan fingerprint density at radius 3 is 2.11 bits per heavy atom. The summed E-state index contributed by atoms with van der Waals surface area (Å²) in [5, 5.41) is 0. The lowest BCUT2D eigenvalue weighted by atomic mass is 10.1. The van der Waals surface area contributed by atoms with Gasteiger partial charge in [-0.2, -0.15) is 26.3 Å². The van der Waals surface area contributed by atoms with E-state index in [0.29, 0.717) is 18.7 Å².